The molecule has 5 nitrogen and oxygen atoms in total. The van der Waals surface area contributed by atoms with Crippen LogP contribution < -0.4 is 14.8 Å². The number of rotatable bonds is 6. The van der Waals surface area contributed by atoms with Gasteiger partial charge in [0.1, 0.15) is 18.0 Å². The van der Waals surface area contributed by atoms with Crippen LogP contribution in [0, 0.1) is 6.92 Å². The lowest BCUT2D eigenvalue weighted by atomic mass is 10.1. The van der Waals surface area contributed by atoms with Crippen molar-refractivity contribution in [2.24, 2.45) is 0 Å². The van der Waals surface area contributed by atoms with Crippen molar-refractivity contribution in [2.75, 3.05) is 13.7 Å². The minimum Gasteiger partial charge on any atom is -0.497 e. The molecule has 120 valence electrons. The lowest BCUT2D eigenvalue weighted by Gasteiger charge is -2.08. The largest absolute Gasteiger partial charge is 0.497 e. The Morgan fingerprint density at radius 2 is 1.74 bits per heavy atom. The van der Waals surface area contributed by atoms with Crippen LogP contribution in [0.5, 0.6) is 11.5 Å². The molecule has 2 aromatic rings. The van der Waals surface area contributed by atoms with Crippen LogP contribution in [0.3, 0.4) is 0 Å². The quantitative estimate of drug-likeness (QED) is 0.656. The molecule has 0 bridgehead atoms. The zero-order chi connectivity index (χ0) is 16.7. The van der Waals surface area contributed by atoms with Gasteiger partial charge in [-0.3, -0.25) is 4.79 Å². The molecule has 1 N–H and O–H groups in total. The molecule has 0 unspecified atom stereocenters. The van der Waals surface area contributed by atoms with E-state index in [2.05, 4.69) is 5.32 Å². The van der Waals surface area contributed by atoms with E-state index in [1.54, 1.807) is 31.4 Å². The highest BCUT2D eigenvalue weighted by Crippen LogP contribution is 2.16. The molecule has 2 aromatic carbocycles. The summed E-state index contributed by atoms with van der Waals surface area (Å²) in [6.07, 6.45) is 0.196. The van der Waals surface area contributed by atoms with Crippen molar-refractivity contribution in [3.8, 4) is 11.5 Å². The van der Waals surface area contributed by atoms with Crippen LogP contribution in [-0.4, -0.2) is 25.5 Å². The molecule has 0 saturated heterocycles. The number of nitrogens with one attached hydrogen (secondary N) is 1. The standard InChI is InChI=1S/C18H19NO4/c1-13-5-3-4-6-16(13)23-18(21)12-19-17(20)11-14-7-9-15(22-2)10-8-14/h3-10H,11-12H2,1-2H3,(H,19,20). The Labute approximate surface area is 135 Å². The van der Waals surface area contributed by atoms with Gasteiger partial charge in [0.05, 0.1) is 13.5 Å². The average molecular weight is 313 g/mol. The van der Waals surface area contributed by atoms with Gasteiger partial charge in [0, 0.05) is 0 Å². The Balaban J connectivity index is 1.79. The van der Waals surface area contributed by atoms with Crippen molar-refractivity contribution in [2.45, 2.75) is 13.3 Å². The number of hydrogen-bond acceptors (Lipinski definition) is 4. The summed E-state index contributed by atoms with van der Waals surface area (Å²) >= 11 is 0. The summed E-state index contributed by atoms with van der Waals surface area (Å²) in [5.41, 5.74) is 1.71. The SMILES string of the molecule is COc1ccc(CC(=O)NCC(=O)Oc2ccccc2C)cc1. The van der Waals surface area contributed by atoms with Gasteiger partial charge in [0.25, 0.3) is 0 Å². The number of para-hydroxylation sites is 1. The van der Waals surface area contributed by atoms with Gasteiger partial charge in [-0.05, 0) is 36.2 Å². The topological polar surface area (TPSA) is 64.6 Å². The van der Waals surface area contributed by atoms with E-state index in [4.69, 9.17) is 9.47 Å². The normalized spacial score (nSPS) is 10.0. The number of esters is 1. The Kier molecular flexibility index (Phi) is 5.74. The lowest BCUT2D eigenvalue weighted by molar-refractivity contribution is -0.135. The molecule has 0 radical (unpaired) electrons. The summed E-state index contributed by atoms with van der Waals surface area (Å²) in [7, 11) is 1.59. The fourth-order valence-electron chi connectivity index (χ4n) is 1.99. The summed E-state index contributed by atoms with van der Waals surface area (Å²) in [5.74, 6) is 0.497. The molecular formula is C18H19NO4. The molecular weight excluding hydrogens is 294 g/mol. The molecule has 5 heteroatoms. The van der Waals surface area contributed by atoms with E-state index in [-0.39, 0.29) is 18.9 Å². The number of hydrogen-bond donors (Lipinski definition) is 1. The van der Waals surface area contributed by atoms with Gasteiger partial charge < -0.3 is 14.8 Å². The van der Waals surface area contributed by atoms with Gasteiger partial charge in [0.2, 0.25) is 5.91 Å². The molecule has 0 aliphatic heterocycles. The van der Waals surface area contributed by atoms with E-state index in [1.165, 1.54) is 0 Å². The Bertz CT molecular complexity index is 680. The van der Waals surface area contributed by atoms with Gasteiger partial charge in [0.15, 0.2) is 0 Å². The van der Waals surface area contributed by atoms with Gasteiger partial charge in [-0.25, -0.2) is 4.79 Å². The summed E-state index contributed by atoms with van der Waals surface area (Å²) < 4.78 is 10.3. The van der Waals surface area contributed by atoms with Crippen LogP contribution in [0.25, 0.3) is 0 Å². The summed E-state index contributed by atoms with van der Waals surface area (Å²) in [6.45, 7) is 1.69. The maximum Gasteiger partial charge on any atom is 0.330 e. The summed E-state index contributed by atoms with van der Waals surface area (Å²) in [5, 5.41) is 2.55. The molecule has 0 aliphatic rings. The second kappa shape index (κ2) is 7.98. The Hall–Kier alpha value is -2.82. The Morgan fingerprint density at radius 1 is 1.04 bits per heavy atom. The predicted molar refractivity (Wildman–Crippen MR) is 86.5 cm³/mol. The van der Waals surface area contributed by atoms with Crippen molar-refractivity contribution in [3.05, 3.63) is 59.7 Å². The minimum absolute atomic E-state index is 0.163. The first kappa shape index (κ1) is 16.5. The number of methoxy groups -OCH3 is 1. The fraction of sp³-hybridized carbons (Fsp3) is 0.222. The van der Waals surface area contributed by atoms with Gasteiger partial charge in [-0.15, -0.1) is 0 Å². The maximum atomic E-state index is 11.8. The number of aryl methyl sites for hydroxylation is 1. The van der Waals surface area contributed by atoms with E-state index >= 15 is 0 Å². The third-order valence-electron chi connectivity index (χ3n) is 3.27. The summed E-state index contributed by atoms with van der Waals surface area (Å²) in [4.78, 5) is 23.6. The number of carbonyl (C=O) groups is 2. The highest BCUT2D eigenvalue weighted by molar-refractivity contribution is 5.84. The van der Waals surface area contributed by atoms with E-state index in [0.717, 1.165) is 16.9 Å². The highest BCUT2D eigenvalue weighted by Gasteiger charge is 2.09. The van der Waals surface area contributed by atoms with Crippen LogP contribution in [-0.2, 0) is 16.0 Å². The van der Waals surface area contributed by atoms with Crippen molar-refractivity contribution in [1.82, 2.24) is 5.32 Å². The van der Waals surface area contributed by atoms with Crippen molar-refractivity contribution >= 4 is 11.9 Å². The van der Waals surface area contributed by atoms with Gasteiger partial charge in [-0.2, -0.15) is 0 Å². The molecule has 0 aliphatic carbocycles. The first-order valence-electron chi connectivity index (χ1n) is 7.24. The highest BCUT2D eigenvalue weighted by atomic mass is 16.5. The van der Waals surface area contributed by atoms with Crippen LogP contribution in [0.15, 0.2) is 48.5 Å². The van der Waals surface area contributed by atoms with Gasteiger partial charge in [-0.1, -0.05) is 30.3 Å². The monoisotopic (exact) mass is 313 g/mol. The van der Waals surface area contributed by atoms with Crippen LogP contribution >= 0.6 is 0 Å². The smallest absolute Gasteiger partial charge is 0.330 e. The third-order valence-corrected chi connectivity index (χ3v) is 3.27. The summed E-state index contributed by atoms with van der Waals surface area (Å²) in [6, 6.07) is 14.4. The number of amides is 1. The number of benzene rings is 2. The molecule has 2 rings (SSSR count). The second-order valence-electron chi connectivity index (χ2n) is 5.04. The molecule has 0 fully saturated rings. The fourth-order valence-corrected chi connectivity index (χ4v) is 1.99. The average Bonchev–Trinajstić information content (AvgIpc) is 2.56. The van der Waals surface area contributed by atoms with Crippen LogP contribution in [0.1, 0.15) is 11.1 Å². The minimum atomic E-state index is -0.498. The van der Waals surface area contributed by atoms with E-state index in [1.807, 2.05) is 31.2 Å². The lowest BCUT2D eigenvalue weighted by Crippen LogP contribution is -2.33. The first-order valence-corrected chi connectivity index (χ1v) is 7.24. The molecule has 0 aromatic heterocycles. The van der Waals surface area contributed by atoms with E-state index in [9.17, 15) is 9.59 Å². The van der Waals surface area contributed by atoms with Crippen LogP contribution in [0.4, 0.5) is 0 Å². The van der Waals surface area contributed by atoms with Crippen molar-refractivity contribution < 1.29 is 19.1 Å². The van der Waals surface area contributed by atoms with Gasteiger partial charge >= 0.3 is 5.97 Å². The predicted octanol–water partition coefficient (Wildman–Crippen LogP) is 2.27. The second-order valence-corrected chi connectivity index (χ2v) is 5.04. The molecule has 0 heterocycles. The zero-order valence-electron chi connectivity index (χ0n) is 13.2. The first-order chi connectivity index (χ1) is 11.1. The maximum absolute atomic E-state index is 11.8. The molecule has 0 atom stereocenters. The third kappa shape index (κ3) is 5.14. The molecule has 1 amide bonds. The molecule has 0 spiro atoms. The van der Waals surface area contributed by atoms with Crippen molar-refractivity contribution in [1.29, 1.82) is 0 Å². The number of carbonyl (C=O) groups excluding carboxylic acids is 2. The van der Waals surface area contributed by atoms with E-state index in [0.29, 0.717) is 5.75 Å². The molecule has 0 saturated carbocycles. The zero-order valence-corrected chi connectivity index (χ0v) is 13.2. The van der Waals surface area contributed by atoms with Crippen LogP contribution in [0.2, 0.25) is 0 Å². The number of ether oxygens (including phenoxy) is 2. The molecule has 23 heavy (non-hydrogen) atoms. The van der Waals surface area contributed by atoms with E-state index < -0.39 is 5.97 Å². The van der Waals surface area contributed by atoms with Crippen molar-refractivity contribution in [3.63, 3.8) is 0 Å². The Morgan fingerprint density at radius 3 is 2.39 bits per heavy atom.